The third-order valence-corrected chi connectivity index (χ3v) is 6.48. The Morgan fingerprint density at radius 2 is 1.71 bits per heavy atom. The van der Waals surface area contributed by atoms with E-state index in [0.29, 0.717) is 0 Å². The van der Waals surface area contributed by atoms with Gasteiger partial charge >= 0.3 is 0 Å². The van der Waals surface area contributed by atoms with Crippen molar-refractivity contribution in [2.24, 2.45) is 0 Å². The smallest absolute Gasteiger partial charge is 0.184 e. The molecule has 0 aliphatic heterocycles. The van der Waals surface area contributed by atoms with Crippen LogP contribution in [0.4, 0.5) is 8.78 Å². The molecule has 0 amide bonds. The Bertz CT molecular complexity index is 1110. The molecular formula is C20H19ClF2N2O2S. The van der Waals surface area contributed by atoms with Gasteiger partial charge in [-0.15, -0.1) is 0 Å². The van der Waals surface area contributed by atoms with E-state index in [1.807, 2.05) is 20.8 Å². The summed E-state index contributed by atoms with van der Waals surface area (Å²) >= 11 is 5.92. The summed E-state index contributed by atoms with van der Waals surface area (Å²) in [6, 6.07) is 7.93. The largest absolute Gasteiger partial charge is 0.240 e. The van der Waals surface area contributed by atoms with Gasteiger partial charge in [0.1, 0.15) is 11.6 Å². The number of benzene rings is 2. The number of hydrogen-bond acceptors (Lipinski definition) is 3. The van der Waals surface area contributed by atoms with Crippen LogP contribution in [0.25, 0.3) is 5.69 Å². The molecule has 0 spiro atoms. The first-order chi connectivity index (χ1) is 13.0. The van der Waals surface area contributed by atoms with E-state index >= 15 is 0 Å². The lowest BCUT2D eigenvalue weighted by Crippen LogP contribution is -2.10. The highest BCUT2D eigenvalue weighted by Crippen LogP contribution is 2.28. The van der Waals surface area contributed by atoms with E-state index in [-0.39, 0.29) is 21.0 Å². The Morgan fingerprint density at radius 1 is 1.11 bits per heavy atom. The van der Waals surface area contributed by atoms with Crippen LogP contribution in [-0.4, -0.2) is 18.2 Å². The lowest BCUT2D eigenvalue weighted by atomic mass is 9.90. The van der Waals surface area contributed by atoms with Gasteiger partial charge in [-0.25, -0.2) is 21.9 Å². The Kier molecular flexibility index (Phi) is 5.34. The number of halogens is 3. The predicted octanol–water partition coefficient (Wildman–Crippen LogP) is 5.08. The number of nitrogens with zero attached hydrogens (tertiary/aromatic N) is 2. The lowest BCUT2D eigenvalue weighted by molar-refractivity contribution is 0.553. The molecule has 0 saturated carbocycles. The molecule has 0 unspecified atom stereocenters. The molecule has 148 valence electrons. The van der Waals surface area contributed by atoms with Crippen molar-refractivity contribution in [3.8, 4) is 5.69 Å². The molecule has 0 fully saturated rings. The summed E-state index contributed by atoms with van der Waals surface area (Å²) in [7, 11) is -4.02. The molecule has 1 heterocycles. The molecule has 8 heteroatoms. The summed E-state index contributed by atoms with van der Waals surface area (Å²) in [6.07, 6.45) is 3.32. The minimum Gasteiger partial charge on any atom is -0.240 e. The summed E-state index contributed by atoms with van der Waals surface area (Å²) in [5, 5.41) is 4.15. The highest BCUT2D eigenvalue weighted by Gasteiger charge is 2.24. The highest BCUT2D eigenvalue weighted by molar-refractivity contribution is 7.90. The van der Waals surface area contributed by atoms with Crippen LogP contribution in [0.1, 0.15) is 31.9 Å². The SMILES string of the molecule is CC(C)(C)c1cnn(-c2cc(F)c(CS(=O)(=O)c3ccccc3Cl)c(F)c2)c1. The number of hydrogen-bond donors (Lipinski definition) is 0. The minimum absolute atomic E-state index is 0.00573. The first-order valence-electron chi connectivity index (χ1n) is 8.50. The summed E-state index contributed by atoms with van der Waals surface area (Å²) in [5.41, 5.74) is 0.369. The lowest BCUT2D eigenvalue weighted by Gasteiger charge is -2.15. The molecule has 0 saturated heterocycles. The van der Waals surface area contributed by atoms with Crippen molar-refractivity contribution in [1.29, 1.82) is 0 Å². The summed E-state index contributed by atoms with van der Waals surface area (Å²) < 4.78 is 55.7. The molecule has 4 nitrogen and oxygen atoms in total. The number of aromatic nitrogens is 2. The molecule has 1 aromatic heterocycles. The van der Waals surface area contributed by atoms with Crippen LogP contribution in [-0.2, 0) is 21.0 Å². The monoisotopic (exact) mass is 424 g/mol. The van der Waals surface area contributed by atoms with Crippen LogP contribution >= 0.6 is 11.6 Å². The maximum Gasteiger partial charge on any atom is 0.184 e. The Labute approximate surface area is 167 Å². The molecule has 0 aliphatic carbocycles. The summed E-state index contributed by atoms with van der Waals surface area (Å²) in [6.45, 7) is 5.99. The molecule has 3 aromatic rings. The van der Waals surface area contributed by atoms with Crippen molar-refractivity contribution in [2.45, 2.75) is 36.8 Å². The maximum absolute atomic E-state index is 14.6. The second kappa shape index (κ2) is 7.29. The first kappa shape index (κ1) is 20.5. The van der Waals surface area contributed by atoms with Crippen LogP contribution in [0.2, 0.25) is 5.02 Å². The van der Waals surface area contributed by atoms with Crippen molar-refractivity contribution in [3.05, 3.63) is 76.6 Å². The predicted molar refractivity (Wildman–Crippen MR) is 105 cm³/mol. The standard InChI is InChI=1S/C20H19ClF2N2O2S/c1-20(2,3)13-10-24-25(11-13)14-8-17(22)15(18(23)9-14)12-28(26,27)19-7-5-4-6-16(19)21/h4-11H,12H2,1-3H3. The number of rotatable bonds is 4. The normalized spacial score (nSPS) is 12.4. The van der Waals surface area contributed by atoms with E-state index in [9.17, 15) is 17.2 Å². The van der Waals surface area contributed by atoms with E-state index in [1.54, 1.807) is 18.5 Å². The molecular weight excluding hydrogens is 406 g/mol. The number of sulfone groups is 1. The van der Waals surface area contributed by atoms with Gasteiger partial charge < -0.3 is 0 Å². The highest BCUT2D eigenvalue weighted by atomic mass is 35.5. The van der Waals surface area contributed by atoms with E-state index in [4.69, 9.17) is 11.6 Å². The van der Waals surface area contributed by atoms with Gasteiger partial charge in [0.05, 0.1) is 27.6 Å². The fourth-order valence-corrected chi connectivity index (χ4v) is 4.63. The quantitative estimate of drug-likeness (QED) is 0.587. The first-order valence-corrected chi connectivity index (χ1v) is 10.5. The topological polar surface area (TPSA) is 52.0 Å². The zero-order valence-corrected chi connectivity index (χ0v) is 17.2. The molecule has 28 heavy (non-hydrogen) atoms. The third kappa shape index (κ3) is 4.10. The van der Waals surface area contributed by atoms with Crippen molar-refractivity contribution < 1.29 is 17.2 Å². The van der Waals surface area contributed by atoms with E-state index in [1.165, 1.54) is 22.9 Å². The molecule has 0 aliphatic rings. The van der Waals surface area contributed by atoms with Crippen molar-refractivity contribution in [1.82, 2.24) is 9.78 Å². The van der Waals surface area contributed by atoms with Gasteiger partial charge in [0, 0.05) is 23.9 Å². The zero-order valence-electron chi connectivity index (χ0n) is 15.6. The summed E-state index contributed by atoms with van der Waals surface area (Å²) in [4.78, 5) is -0.165. The molecule has 0 radical (unpaired) electrons. The third-order valence-electron chi connectivity index (χ3n) is 4.35. The molecule has 0 atom stereocenters. The average Bonchev–Trinajstić information content (AvgIpc) is 3.08. The minimum atomic E-state index is -4.02. The molecule has 3 rings (SSSR count). The van der Waals surface area contributed by atoms with Gasteiger partial charge in [-0.2, -0.15) is 5.10 Å². The van der Waals surface area contributed by atoms with Crippen LogP contribution < -0.4 is 0 Å². The average molecular weight is 425 g/mol. The molecule has 2 aromatic carbocycles. The molecule has 0 bridgehead atoms. The van der Waals surface area contributed by atoms with E-state index in [2.05, 4.69) is 5.10 Å². The second-order valence-corrected chi connectivity index (χ2v) is 9.87. The Hall–Kier alpha value is -2.25. The summed E-state index contributed by atoms with van der Waals surface area (Å²) in [5.74, 6) is -2.75. The fraction of sp³-hybridized carbons (Fsp3) is 0.250. The van der Waals surface area contributed by atoms with Crippen LogP contribution in [0.5, 0.6) is 0 Å². The second-order valence-electron chi connectivity index (χ2n) is 7.50. The van der Waals surface area contributed by atoms with E-state index in [0.717, 1.165) is 17.7 Å². The Balaban J connectivity index is 1.97. The van der Waals surface area contributed by atoms with Gasteiger partial charge in [0.25, 0.3) is 0 Å². The fourth-order valence-electron chi connectivity index (χ4n) is 2.68. The van der Waals surface area contributed by atoms with Gasteiger partial charge in [0.15, 0.2) is 9.84 Å². The van der Waals surface area contributed by atoms with Gasteiger partial charge in [-0.3, -0.25) is 0 Å². The van der Waals surface area contributed by atoms with Crippen molar-refractivity contribution >= 4 is 21.4 Å². The van der Waals surface area contributed by atoms with Crippen LogP contribution in [0.3, 0.4) is 0 Å². The van der Waals surface area contributed by atoms with Crippen LogP contribution in [0, 0.1) is 11.6 Å². The van der Waals surface area contributed by atoms with Crippen molar-refractivity contribution in [3.63, 3.8) is 0 Å². The molecule has 0 N–H and O–H groups in total. The maximum atomic E-state index is 14.6. The van der Waals surface area contributed by atoms with Crippen molar-refractivity contribution in [2.75, 3.05) is 0 Å². The van der Waals surface area contributed by atoms with Gasteiger partial charge in [-0.1, -0.05) is 44.5 Å². The van der Waals surface area contributed by atoms with Crippen LogP contribution in [0.15, 0.2) is 53.7 Å². The Morgan fingerprint density at radius 3 is 2.25 bits per heavy atom. The van der Waals surface area contributed by atoms with E-state index < -0.39 is 32.8 Å². The van der Waals surface area contributed by atoms with Gasteiger partial charge in [0.2, 0.25) is 0 Å². The van der Waals surface area contributed by atoms with Gasteiger partial charge in [-0.05, 0) is 23.1 Å². The zero-order chi connectivity index (χ0) is 20.7.